The van der Waals surface area contributed by atoms with Gasteiger partial charge in [0.15, 0.2) is 0 Å². The fourth-order valence-corrected chi connectivity index (χ4v) is 1.05. The van der Waals surface area contributed by atoms with Crippen molar-refractivity contribution < 1.29 is 9.50 Å². The molecule has 0 spiro atoms. The van der Waals surface area contributed by atoms with E-state index in [1.165, 1.54) is 12.1 Å². The van der Waals surface area contributed by atoms with Crippen LogP contribution < -0.4 is 0 Å². The average molecular weight is 192 g/mol. The number of hydrogen-bond acceptors (Lipinski definition) is 1. The number of aliphatic hydroxyl groups excluding tert-OH is 1. The largest absolute Gasteiger partial charge is 0.389 e. The molecule has 0 saturated carbocycles. The van der Waals surface area contributed by atoms with Crippen LogP contribution in [0.15, 0.2) is 43.0 Å². The van der Waals surface area contributed by atoms with E-state index in [-0.39, 0.29) is 5.82 Å². The molecule has 1 rings (SSSR count). The van der Waals surface area contributed by atoms with Gasteiger partial charge in [-0.2, -0.15) is 0 Å². The van der Waals surface area contributed by atoms with Crippen LogP contribution in [0.4, 0.5) is 4.39 Å². The molecule has 0 aliphatic carbocycles. The smallest absolute Gasteiger partial charge is 0.123 e. The van der Waals surface area contributed by atoms with Crippen molar-refractivity contribution >= 4 is 6.08 Å². The zero-order valence-electron chi connectivity index (χ0n) is 7.86. The first kappa shape index (κ1) is 10.7. The molecular formula is C12H13FO. The Kier molecular flexibility index (Phi) is 4.08. The highest BCUT2D eigenvalue weighted by Gasteiger charge is 1.94. The Morgan fingerprint density at radius 1 is 1.36 bits per heavy atom. The van der Waals surface area contributed by atoms with Crippen LogP contribution in [0.1, 0.15) is 12.0 Å². The van der Waals surface area contributed by atoms with Crippen LogP contribution in [-0.2, 0) is 0 Å². The van der Waals surface area contributed by atoms with Gasteiger partial charge in [0.2, 0.25) is 0 Å². The zero-order chi connectivity index (χ0) is 10.4. The molecule has 1 N–H and O–H groups in total. The number of aliphatic hydroxyl groups is 1. The van der Waals surface area contributed by atoms with Crippen molar-refractivity contribution in [3.05, 3.63) is 54.4 Å². The van der Waals surface area contributed by atoms with E-state index in [1.54, 1.807) is 30.4 Å². The fraction of sp³-hybridized carbons (Fsp3) is 0.167. The van der Waals surface area contributed by atoms with Crippen molar-refractivity contribution in [2.75, 3.05) is 0 Å². The number of hydrogen-bond donors (Lipinski definition) is 1. The highest BCUT2D eigenvalue weighted by molar-refractivity contribution is 5.49. The lowest BCUT2D eigenvalue weighted by Gasteiger charge is -1.99. The molecule has 14 heavy (non-hydrogen) atoms. The molecule has 0 amide bonds. The maximum Gasteiger partial charge on any atom is 0.123 e. The van der Waals surface area contributed by atoms with Gasteiger partial charge in [-0.25, -0.2) is 4.39 Å². The Morgan fingerprint density at radius 3 is 2.57 bits per heavy atom. The molecular weight excluding hydrogens is 179 g/mol. The molecule has 0 aromatic heterocycles. The Labute approximate surface area is 83.2 Å². The van der Waals surface area contributed by atoms with Gasteiger partial charge in [-0.3, -0.25) is 0 Å². The Hall–Kier alpha value is -1.41. The van der Waals surface area contributed by atoms with Gasteiger partial charge in [-0.1, -0.05) is 30.4 Å². The van der Waals surface area contributed by atoms with Crippen molar-refractivity contribution in [1.29, 1.82) is 0 Å². The molecule has 2 heteroatoms. The third kappa shape index (κ3) is 3.54. The molecule has 0 unspecified atom stereocenters. The standard InChI is InChI=1S/C12H13FO/c1-2-3-12(14)9-6-10-4-7-11(13)8-5-10/h2,4-9,12,14H,1,3H2/b9-6+/t12-/m0/s1. The number of rotatable bonds is 4. The van der Waals surface area contributed by atoms with Gasteiger partial charge in [-0.05, 0) is 24.1 Å². The van der Waals surface area contributed by atoms with Crippen LogP contribution in [0, 0.1) is 5.82 Å². The van der Waals surface area contributed by atoms with E-state index in [1.807, 2.05) is 0 Å². The molecule has 1 aromatic rings. The van der Waals surface area contributed by atoms with Gasteiger partial charge in [0, 0.05) is 0 Å². The van der Waals surface area contributed by atoms with Gasteiger partial charge in [0.1, 0.15) is 5.82 Å². The lowest BCUT2D eigenvalue weighted by Crippen LogP contribution is -1.98. The van der Waals surface area contributed by atoms with Crippen LogP contribution in [0.2, 0.25) is 0 Å². The molecule has 1 aromatic carbocycles. The predicted octanol–water partition coefficient (Wildman–Crippen LogP) is 2.78. The summed E-state index contributed by atoms with van der Waals surface area (Å²) in [5.74, 6) is -0.256. The molecule has 1 atom stereocenters. The van der Waals surface area contributed by atoms with Crippen LogP contribution in [0.25, 0.3) is 6.08 Å². The highest BCUT2D eigenvalue weighted by Crippen LogP contribution is 2.06. The summed E-state index contributed by atoms with van der Waals surface area (Å²) in [5.41, 5.74) is 0.870. The SMILES string of the molecule is C=CC[C@H](O)/C=C/c1ccc(F)cc1. The van der Waals surface area contributed by atoms with E-state index in [9.17, 15) is 9.50 Å². The summed E-state index contributed by atoms with van der Waals surface area (Å²) in [6, 6.07) is 6.10. The minimum absolute atomic E-state index is 0.256. The van der Waals surface area contributed by atoms with Gasteiger partial charge in [-0.15, -0.1) is 6.58 Å². The quantitative estimate of drug-likeness (QED) is 0.727. The normalized spacial score (nSPS) is 13.0. The van der Waals surface area contributed by atoms with Crippen LogP contribution >= 0.6 is 0 Å². The first-order chi connectivity index (χ1) is 6.72. The van der Waals surface area contributed by atoms with E-state index < -0.39 is 6.10 Å². The first-order valence-electron chi connectivity index (χ1n) is 4.45. The maximum absolute atomic E-state index is 12.5. The van der Waals surface area contributed by atoms with E-state index in [4.69, 9.17) is 0 Å². The van der Waals surface area contributed by atoms with Gasteiger partial charge in [0.05, 0.1) is 6.10 Å². The molecule has 0 aliphatic rings. The second kappa shape index (κ2) is 5.35. The van der Waals surface area contributed by atoms with Crippen molar-refractivity contribution in [3.63, 3.8) is 0 Å². The Morgan fingerprint density at radius 2 is 2.00 bits per heavy atom. The van der Waals surface area contributed by atoms with Gasteiger partial charge < -0.3 is 5.11 Å². The molecule has 74 valence electrons. The molecule has 0 fully saturated rings. The van der Waals surface area contributed by atoms with Gasteiger partial charge in [0.25, 0.3) is 0 Å². The number of halogens is 1. The fourth-order valence-electron chi connectivity index (χ4n) is 1.05. The maximum atomic E-state index is 12.5. The van der Waals surface area contributed by atoms with Gasteiger partial charge >= 0.3 is 0 Å². The van der Waals surface area contributed by atoms with E-state index >= 15 is 0 Å². The Balaban J connectivity index is 2.59. The van der Waals surface area contributed by atoms with Crippen LogP contribution in [-0.4, -0.2) is 11.2 Å². The first-order valence-corrected chi connectivity index (χ1v) is 4.45. The summed E-state index contributed by atoms with van der Waals surface area (Å²) in [6.07, 6.45) is 5.08. The van der Waals surface area contributed by atoms with Crippen LogP contribution in [0.3, 0.4) is 0 Å². The summed E-state index contributed by atoms with van der Waals surface area (Å²) >= 11 is 0. The van der Waals surface area contributed by atoms with Crippen molar-refractivity contribution in [1.82, 2.24) is 0 Å². The summed E-state index contributed by atoms with van der Waals surface area (Å²) in [5, 5.41) is 9.33. The lowest BCUT2D eigenvalue weighted by molar-refractivity contribution is 0.228. The summed E-state index contributed by atoms with van der Waals surface area (Å²) < 4.78 is 12.5. The Bertz CT molecular complexity index is 314. The third-order valence-corrected chi connectivity index (χ3v) is 1.79. The van der Waals surface area contributed by atoms with E-state index in [2.05, 4.69) is 6.58 Å². The van der Waals surface area contributed by atoms with Crippen molar-refractivity contribution in [3.8, 4) is 0 Å². The molecule has 0 aliphatic heterocycles. The molecule has 0 radical (unpaired) electrons. The second-order valence-electron chi connectivity index (χ2n) is 3.00. The monoisotopic (exact) mass is 192 g/mol. The number of benzene rings is 1. The highest BCUT2D eigenvalue weighted by atomic mass is 19.1. The molecule has 0 saturated heterocycles. The second-order valence-corrected chi connectivity index (χ2v) is 3.00. The summed E-state index contributed by atoms with van der Waals surface area (Å²) in [7, 11) is 0. The summed E-state index contributed by atoms with van der Waals surface area (Å²) in [6.45, 7) is 3.52. The molecule has 1 nitrogen and oxygen atoms in total. The minimum Gasteiger partial charge on any atom is -0.389 e. The zero-order valence-corrected chi connectivity index (χ0v) is 7.86. The lowest BCUT2D eigenvalue weighted by atomic mass is 10.1. The minimum atomic E-state index is -0.516. The van der Waals surface area contributed by atoms with Crippen molar-refractivity contribution in [2.24, 2.45) is 0 Å². The average Bonchev–Trinajstić information content (AvgIpc) is 2.17. The van der Waals surface area contributed by atoms with Crippen molar-refractivity contribution in [2.45, 2.75) is 12.5 Å². The third-order valence-electron chi connectivity index (χ3n) is 1.79. The predicted molar refractivity (Wildman–Crippen MR) is 56.3 cm³/mol. The molecule has 0 bridgehead atoms. The van der Waals surface area contributed by atoms with E-state index in [0.717, 1.165) is 5.56 Å². The topological polar surface area (TPSA) is 20.2 Å². The summed E-state index contributed by atoms with van der Waals surface area (Å²) in [4.78, 5) is 0. The van der Waals surface area contributed by atoms with E-state index in [0.29, 0.717) is 6.42 Å². The molecule has 0 heterocycles. The van der Waals surface area contributed by atoms with Crippen LogP contribution in [0.5, 0.6) is 0 Å².